The number of halogens is 3. The van der Waals surface area contributed by atoms with Gasteiger partial charge in [-0.3, -0.25) is 4.79 Å². The van der Waals surface area contributed by atoms with Gasteiger partial charge in [0.2, 0.25) is 11.2 Å². The van der Waals surface area contributed by atoms with Gasteiger partial charge >= 0.3 is 12.1 Å². The summed E-state index contributed by atoms with van der Waals surface area (Å²) < 4.78 is 62.2. The zero-order valence-electron chi connectivity index (χ0n) is 20.0. The van der Waals surface area contributed by atoms with E-state index in [-0.39, 0.29) is 16.9 Å². The number of hydrogen-bond donors (Lipinski definition) is 0. The zero-order valence-corrected chi connectivity index (χ0v) is 20.0. The molecule has 0 amide bonds. The number of rotatable bonds is 6. The summed E-state index contributed by atoms with van der Waals surface area (Å²) >= 11 is 0. The SMILES string of the molecule is COc1ccc(C=CC(=O)Oc2ccc3c(=O)c(Oc4cc(C)cc(C)c4)c(C(F)(F)F)oc3c2)cc1. The quantitative estimate of drug-likeness (QED) is 0.160. The smallest absolute Gasteiger partial charge is 0.453 e. The number of methoxy groups -OCH3 is 1. The van der Waals surface area contributed by atoms with Crippen molar-refractivity contribution in [2.75, 3.05) is 7.11 Å². The summed E-state index contributed by atoms with van der Waals surface area (Å²) in [6.07, 6.45) is -2.36. The van der Waals surface area contributed by atoms with Crippen molar-refractivity contribution in [1.82, 2.24) is 0 Å². The van der Waals surface area contributed by atoms with Crippen LogP contribution < -0.4 is 19.6 Å². The van der Waals surface area contributed by atoms with Gasteiger partial charge in [-0.15, -0.1) is 0 Å². The minimum Gasteiger partial charge on any atom is -0.497 e. The standard InChI is InChI=1S/C28H21F3O6/c1-16-12-17(2)14-21(13-16)36-26-25(33)22-10-9-20(15-23(22)37-27(26)28(29,30)31)35-24(32)11-6-18-4-7-19(34-3)8-5-18/h4-15H,1-3H3. The minimum atomic E-state index is -5.02. The van der Waals surface area contributed by atoms with Crippen molar-refractivity contribution in [2.45, 2.75) is 20.0 Å². The van der Waals surface area contributed by atoms with Gasteiger partial charge in [0.1, 0.15) is 22.8 Å². The van der Waals surface area contributed by atoms with E-state index < -0.39 is 34.7 Å². The van der Waals surface area contributed by atoms with Gasteiger partial charge < -0.3 is 18.6 Å². The number of carbonyl (C=O) groups is 1. The third kappa shape index (κ3) is 6.00. The van der Waals surface area contributed by atoms with Gasteiger partial charge in [-0.05, 0) is 73.0 Å². The Morgan fingerprint density at radius 3 is 2.16 bits per heavy atom. The Morgan fingerprint density at radius 1 is 0.892 bits per heavy atom. The maximum Gasteiger partial charge on any atom is 0.453 e. The van der Waals surface area contributed by atoms with Crippen LogP contribution in [0.15, 0.2) is 76.0 Å². The summed E-state index contributed by atoms with van der Waals surface area (Å²) in [6.45, 7) is 3.50. The summed E-state index contributed by atoms with van der Waals surface area (Å²) in [4.78, 5) is 25.2. The second-order valence-corrected chi connectivity index (χ2v) is 8.20. The molecule has 9 heteroatoms. The van der Waals surface area contributed by atoms with E-state index in [1.807, 2.05) is 6.07 Å². The molecule has 0 N–H and O–H groups in total. The molecule has 4 aromatic rings. The monoisotopic (exact) mass is 510 g/mol. The first-order valence-corrected chi connectivity index (χ1v) is 11.0. The van der Waals surface area contributed by atoms with Crippen LogP contribution in [0.5, 0.6) is 23.0 Å². The van der Waals surface area contributed by atoms with E-state index in [2.05, 4.69) is 0 Å². The lowest BCUT2D eigenvalue weighted by Crippen LogP contribution is -2.15. The first-order valence-electron chi connectivity index (χ1n) is 11.0. The molecule has 0 radical (unpaired) electrons. The van der Waals surface area contributed by atoms with Crippen LogP contribution in [0.1, 0.15) is 22.5 Å². The number of esters is 1. The van der Waals surface area contributed by atoms with Crippen LogP contribution in [0.3, 0.4) is 0 Å². The van der Waals surface area contributed by atoms with Gasteiger partial charge in [-0.2, -0.15) is 13.2 Å². The van der Waals surface area contributed by atoms with Crippen LogP contribution in [0, 0.1) is 13.8 Å². The Hall–Kier alpha value is -4.53. The molecule has 0 spiro atoms. The normalized spacial score (nSPS) is 11.6. The average Bonchev–Trinajstić information content (AvgIpc) is 2.83. The molecule has 0 saturated heterocycles. The van der Waals surface area contributed by atoms with Crippen LogP contribution in [0.25, 0.3) is 17.0 Å². The van der Waals surface area contributed by atoms with Crippen molar-refractivity contribution in [2.24, 2.45) is 0 Å². The highest BCUT2D eigenvalue weighted by Crippen LogP contribution is 2.39. The molecule has 0 unspecified atom stereocenters. The van der Waals surface area contributed by atoms with Crippen molar-refractivity contribution >= 4 is 23.0 Å². The fourth-order valence-electron chi connectivity index (χ4n) is 3.64. The average molecular weight is 510 g/mol. The van der Waals surface area contributed by atoms with E-state index in [1.165, 1.54) is 37.5 Å². The number of fused-ring (bicyclic) bond motifs is 1. The number of alkyl halides is 3. The molecule has 190 valence electrons. The van der Waals surface area contributed by atoms with Crippen molar-refractivity contribution in [3.8, 4) is 23.0 Å². The summed E-state index contributed by atoms with van der Waals surface area (Å²) in [5.41, 5.74) is 0.787. The summed E-state index contributed by atoms with van der Waals surface area (Å²) in [7, 11) is 1.53. The van der Waals surface area contributed by atoms with Gasteiger partial charge in [-0.1, -0.05) is 18.2 Å². The number of ether oxygens (including phenoxy) is 3. The van der Waals surface area contributed by atoms with Gasteiger partial charge in [0, 0.05) is 12.1 Å². The first-order chi connectivity index (χ1) is 17.5. The summed E-state index contributed by atoms with van der Waals surface area (Å²) in [5.74, 6) is -2.72. The fraction of sp³-hybridized carbons (Fsp3) is 0.143. The molecule has 0 aliphatic heterocycles. The van der Waals surface area contributed by atoms with Gasteiger partial charge in [0.05, 0.1) is 12.5 Å². The number of aryl methyl sites for hydroxylation is 2. The van der Waals surface area contributed by atoms with E-state index in [4.69, 9.17) is 18.6 Å². The fourth-order valence-corrected chi connectivity index (χ4v) is 3.64. The van der Waals surface area contributed by atoms with Gasteiger partial charge in [0.15, 0.2) is 0 Å². The molecule has 1 heterocycles. The maximum atomic E-state index is 13.8. The Balaban J connectivity index is 1.65. The molecular formula is C28H21F3O6. The summed E-state index contributed by atoms with van der Waals surface area (Å²) in [6, 6.07) is 15.3. The topological polar surface area (TPSA) is 75.0 Å². The molecular weight excluding hydrogens is 489 g/mol. The molecule has 37 heavy (non-hydrogen) atoms. The van der Waals surface area contributed by atoms with Crippen molar-refractivity contribution in [3.63, 3.8) is 0 Å². The number of carbonyl (C=O) groups excluding carboxylic acids is 1. The molecule has 1 aromatic heterocycles. The van der Waals surface area contributed by atoms with E-state index in [9.17, 15) is 22.8 Å². The van der Waals surface area contributed by atoms with Crippen LogP contribution >= 0.6 is 0 Å². The molecule has 0 saturated carbocycles. The highest BCUT2D eigenvalue weighted by molar-refractivity contribution is 5.89. The highest BCUT2D eigenvalue weighted by Gasteiger charge is 2.40. The molecule has 0 aliphatic carbocycles. The maximum absolute atomic E-state index is 13.8. The second kappa shape index (κ2) is 10.2. The van der Waals surface area contributed by atoms with Crippen LogP contribution in [-0.2, 0) is 11.0 Å². The number of hydrogen-bond acceptors (Lipinski definition) is 6. The molecule has 4 rings (SSSR count). The van der Waals surface area contributed by atoms with Gasteiger partial charge in [-0.25, -0.2) is 4.79 Å². The lowest BCUT2D eigenvalue weighted by atomic mass is 10.1. The summed E-state index contributed by atoms with van der Waals surface area (Å²) in [5, 5.41) is -0.166. The van der Waals surface area contributed by atoms with Crippen LogP contribution in [0.2, 0.25) is 0 Å². The lowest BCUT2D eigenvalue weighted by molar-refractivity contribution is -0.154. The Morgan fingerprint density at radius 2 is 1.54 bits per heavy atom. The van der Waals surface area contributed by atoms with E-state index in [0.29, 0.717) is 11.3 Å². The van der Waals surface area contributed by atoms with Crippen molar-refractivity contribution in [1.29, 1.82) is 0 Å². The predicted molar refractivity (Wildman–Crippen MR) is 131 cm³/mol. The third-order valence-corrected chi connectivity index (χ3v) is 5.24. The van der Waals surface area contributed by atoms with E-state index in [1.54, 1.807) is 38.1 Å². The Kier molecular flexibility index (Phi) is 7.06. The second-order valence-electron chi connectivity index (χ2n) is 8.20. The van der Waals surface area contributed by atoms with Crippen LogP contribution in [0.4, 0.5) is 13.2 Å². The zero-order chi connectivity index (χ0) is 26.7. The van der Waals surface area contributed by atoms with E-state index >= 15 is 0 Å². The molecule has 0 atom stereocenters. The molecule has 6 nitrogen and oxygen atoms in total. The first kappa shape index (κ1) is 25.6. The van der Waals surface area contributed by atoms with E-state index in [0.717, 1.165) is 23.3 Å². The van der Waals surface area contributed by atoms with Crippen molar-refractivity contribution < 1.29 is 36.6 Å². The number of benzene rings is 3. The predicted octanol–water partition coefficient (Wildman–Crippen LogP) is 6.85. The molecule has 0 fully saturated rings. The van der Waals surface area contributed by atoms with Crippen molar-refractivity contribution in [3.05, 3.63) is 99.4 Å². The van der Waals surface area contributed by atoms with Gasteiger partial charge in [0.25, 0.3) is 5.76 Å². The molecule has 0 bridgehead atoms. The molecule has 3 aromatic carbocycles. The van der Waals surface area contributed by atoms with Crippen LogP contribution in [-0.4, -0.2) is 13.1 Å². The molecule has 0 aliphatic rings. The Bertz CT molecular complexity index is 1530. The highest BCUT2D eigenvalue weighted by atomic mass is 19.4. The minimum absolute atomic E-state index is 0.0730. The lowest BCUT2D eigenvalue weighted by Gasteiger charge is -2.14. The largest absolute Gasteiger partial charge is 0.497 e. The third-order valence-electron chi connectivity index (χ3n) is 5.24. The Labute approximate surface area is 209 Å².